The highest BCUT2D eigenvalue weighted by Crippen LogP contribution is 2.42. The quantitative estimate of drug-likeness (QED) is 0.654. The first kappa shape index (κ1) is 21.4. The summed E-state index contributed by atoms with van der Waals surface area (Å²) < 4.78 is 5.35. The topological polar surface area (TPSA) is 45.6 Å². The summed E-state index contributed by atoms with van der Waals surface area (Å²) in [6, 6.07) is 7.96. The van der Waals surface area contributed by atoms with E-state index >= 15 is 0 Å². The fourth-order valence-electron chi connectivity index (χ4n) is 4.44. The Morgan fingerprint density at radius 3 is 2.81 bits per heavy atom. The van der Waals surface area contributed by atoms with Gasteiger partial charge >= 0.3 is 0 Å². The summed E-state index contributed by atoms with van der Waals surface area (Å²) >= 11 is 0. The molecule has 2 bridgehead atoms. The lowest BCUT2D eigenvalue weighted by molar-refractivity contribution is -0.0444. The maximum atomic E-state index is 11.2. The predicted molar refractivity (Wildman–Crippen MR) is 116 cm³/mol. The largest absolute Gasteiger partial charge is 0.497 e. The molecule has 4 nitrogen and oxygen atoms in total. The standard InChI is InChI=1S/C20H24N2O2.2BrH/c1-3-13-12-22-9-7-14(13)10-19(22)20(23)16-6-8-21-18-5-4-15(24-2)11-17(16)18;;/h3-6,8,11,13-14,19-20,23H,1,7,9-10,12H2,2H3;2*1H/t13-,14?,19-,20-;;/m1../s1. The molecule has 3 aliphatic heterocycles. The first-order valence-corrected chi connectivity index (χ1v) is 8.68. The van der Waals surface area contributed by atoms with Crippen molar-refractivity contribution in [3.63, 3.8) is 0 Å². The van der Waals surface area contributed by atoms with Crippen LogP contribution in [0.5, 0.6) is 5.75 Å². The average Bonchev–Trinajstić information content (AvgIpc) is 2.66. The van der Waals surface area contributed by atoms with Crippen LogP contribution in [0, 0.1) is 11.8 Å². The van der Waals surface area contributed by atoms with Gasteiger partial charge < -0.3 is 9.84 Å². The molecule has 5 atom stereocenters. The van der Waals surface area contributed by atoms with E-state index < -0.39 is 6.10 Å². The molecular formula is C20H26Br2N2O2. The van der Waals surface area contributed by atoms with Gasteiger partial charge in [0.1, 0.15) is 5.75 Å². The minimum Gasteiger partial charge on any atom is -0.497 e. The molecule has 2 unspecified atom stereocenters. The van der Waals surface area contributed by atoms with Crippen molar-refractivity contribution in [1.29, 1.82) is 0 Å². The van der Waals surface area contributed by atoms with Crippen LogP contribution >= 0.6 is 34.0 Å². The minimum atomic E-state index is -0.504. The molecule has 2 aromatic rings. The van der Waals surface area contributed by atoms with E-state index in [1.54, 1.807) is 13.3 Å². The molecule has 4 heterocycles. The molecule has 3 fully saturated rings. The van der Waals surface area contributed by atoms with Crippen LogP contribution < -0.4 is 4.74 Å². The van der Waals surface area contributed by atoms with Crippen molar-refractivity contribution >= 4 is 44.9 Å². The van der Waals surface area contributed by atoms with Crippen molar-refractivity contribution in [2.24, 2.45) is 11.8 Å². The number of ether oxygens (including phenoxy) is 1. The number of halogens is 2. The summed E-state index contributed by atoms with van der Waals surface area (Å²) in [6.45, 7) is 6.07. The van der Waals surface area contributed by atoms with E-state index in [9.17, 15) is 5.11 Å². The summed E-state index contributed by atoms with van der Waals surface area (Å²) in [5.74, 6) is 2.01. The molecule has 0 amide bonds. The summed E-state index contributed by atoms with van der Waals surface area (Å²) in [5.41, 5.74) is 1.85. The first-order chi connectivity index (χ1) is 11.7. The molecular weight excluding hydrogens is 460 g/mol. The number of aromatic nitrogens is 1. The van der Waals surface area contributed by atoms with Crippen molar-refractivity contribution in [3.8, 4) is 5.75 Å². The normalized spacial score (nSPS) is 27.9. The van der Waals surface area contributed by atoms with Crippen LogP contribution in [0.25, 0.3) is 10.9 Å². The number of aliphatic hydroxyl groups excluding tert-OH is 1. The third-order valence-corrected chi connectivity index (χ3v) is 5.82. The van der Waals surface area contributed by atoms with E-state index in [4.69, 9.17) is 4.74 Å². The molecule has 3 aliphatic rings. The maximum absolute atomic E-state index is 11.2. The zero-order valence-corrected chi connectivity index (χ0v) is 18.3. The molecule has 0 saturated carbocycles. The van der Waals surface area contributed by atoms with E-state index in [-0.39, 0.29) is 40.0 Å². The summed E-state index contributed by atoms with van der Waals surface area (Å²) in [6.07, 6.45) is 5.62. The molecule has 0 aliphatic carbocycles. The number of rotatable bonds is 4. The van der Waals surface area contributed by atoms with Gasteiger partial charge in [-0.15, -0.1) is 40.5 Å². The Bertz CT molecular complexity index is 771. The summed E-state index contributed by atoms with van der Waals surface area (Å²) in [4.78, 5) is 6.86. The van der Waals surface area contributed by atoms with Crippen molar-refractivity contribution < 1.29 is 9.84 Å². The van der Waals surface area contributed by atoms with Gasteiger partial charge in [-0.2, -0.15) is 0 Å². The van der Waals surface area contributed by atoms with Crippen molar-refractivity contribution in [2.75, 3.05) is 20.2 Å². The van der Waals surface area contributed by atoms with Gasteiger partial charge in [0.25, 0.3) is 0 Å². The highest BCUT2D eigenvalue weighted by atomic mass is 79.9. The number of hydrogen-bond donors (Lipinski definition) is 1. The first-order valence-electron chi connectivity index (χ1n) is 8.68. The number of methoxy groups -OCH3 is 1. The number of nitrogens with zero attached hydrogens (tertiary/aromatic N) is 2. The Labute approximate surface area is 175 Å². The Kier molecular flexibility index (Phi) is 7.25. The second-order valence-corrected chi connectivity index (χ2v) is 6.97. The van der Waals surface area contributed by atoms with E-state index in [0.717, 1.165) is 41.7 Å². The predicted octanol–water partition coefficient (Wildman–Crippen LogP) is 4.33. The van der Waals surface area contributed by atoms with Crippen LogP contribution in [0.4, 0.5) is 0 Å². The number of benzene rings is 1. The minimum absolute atomic E-state index is 0. The molecule has 1 N–H and O–H groups in total. The van der Waals surface area contributed by atoms with E-state index in [1.807, 2.05) is 24.3 Å². The van der Waals surface area contributed by atoms with Crippen molar-refractivity contribution in [3.05, 3.63) is 48.7 Å². The van der Waals surface area contributed by atoms with Gasteiger partial charge in [-0.1, -0.05) is 6.08 Å². The SMILES string of the molecule is Br.Br.C=C[C@@H]1CN2CCC1C[C@@H]2[C@H](O)c1ccnc2ccc(OC)cc12. The molecule has 142 valence electrons. The molecule has 3 saturated heterocycles. The lowest BCUT2D eigenvalue weighted by atomic mass is 9.73. The Morgan fingerprint density at radius 1 is 1.35 bits per heavy atom. The second kappa shape index (κ2) is 8.83. The zero-order valence-electron chi connectivity index (χ0n) is 14.9. The van der Waals surface area contributed by atoms with Crippen molar-refractivity contribution in [1.82, 2.24) is 9.88 Å². The van der Waals surface area contributed by atoms with Crippen LogP contribution in [0.15, 0.2) is 43.1 Å². The van der Waals surface area contributed by atoms with Crippen LogP contribution in [0.1, 0.15) is 24.5 Å². The van der Waals surface area contributed by atoms with Crippen LogP contribution in [-0.4, -0.2) is 41.2 Å². The molecule has 5 rings (SSSR count). The number of hydrogen-bond acceptors (Lipinski definition) is 4. The molecule has 26 heavy (non-hydrogen) atoms. The van der Waals surface area contributed by atoms with E-state index in [2.05, 4.69) is 22.5 Å². The van der Waals surface area contributed by atoms with Gasteiger partial charge in [0.15, 0.2) is 0 Å². The van der Waals surface area contributed by atoms with Gasteiger partial charge in [-0.25, -0.2) is 0 Å². The highest BCUT2D eigenvalue weighted by molar-refractivity contribution is 8.93. The maximum Gasteiger partial charge on any atom is 0.119 e. The Hall–Kier alpha value is -0.950. The van der Waals surface area contributed by atoms with Crippen LogP contribution in [0.2, 0.25) is 0 Å². The summed E-state index contributed by atoms with van der Waals surface area (Å²) in [5, 5.41) is 12.1. The van der Waals surface area contributed by atoms with Crippen molar-refractivity contribution in [2.45, 2.75) is 25.0 Å². The fraction of sp³-hybridized carbons (Fsp3) is 0.450. The Morgan fingerprint density at radius 2 is 2.15 bits per heavy atom. The third-order valence-electron chi connectivity index (χ3n) is 5.82. The third kappa shape index (κ3) is 3.70. The number of fused-ring (bicyclic) bond motifs is 4. The van der Waals surface area contributed by atoms with E-state index in [0.29, 0.717) is 11.8 Å². The lowest BCUT2D eigenvalue weighted by Crippen LogP contribution is -2.54. The zero-order chi connectivity index (χ0) is 16.7. The van der Waals surface area contributed by atoms with Gasteiger partial charge in [0.2, 0.25) is 0 Å². The number of pyridine rings is 1. The van der Waals surface area contributed by atoms with Gasteiger partial charge in [-0.05, 0) is 61.1 Å². The molecule has 1 aromatic carbocycles. The monoisotopic (exact) mass is 484 g/mol. The van der Waals surface area contributed by atoms with Crippen LogP contribution in [0.3, 0.4) is 0 Å². The molecule has 6 heteroatoms. The Balaban J connectivity index is 0.00000121. The molecule has 0 radical (unpaired) electrons. The molecule has 0 spiro atoms. The fourth-order valence-corrected chi connectivity index (χ4v) is 4.44. The summed E-state index contributed by atoms with van der Waals surface area (Å²) in [7, 11) is 1.66. The number of aliphatic hydroxyl groups is 1. The molecule has 1 aromatic heterocycles. The van der Waals surface area contributed by atoms with Gasteiger partial charge in [0.05, 0.1) is 18.7 Å². The highest BCUT2D eigenvalue weighted by Gasteiger charge is 2.42. The van der Waals surface area contributed by atoms with Crippen LogP contribution in [-0.2, 0) is 0 Å². The number of piperidine rings is 3. The van der Waals surface area contributed by atoms with Gasteiger partial charge in [-0.3, -0.25) is 9.88 Å². The smallest absolute Gasteiger partial charge is 0.119 e. The van der Waals surface area contributed by atoms with E-state index in [1.165, 1.54) is 6.42 Å². The second-order valence-electron chi connectivity index (χ2n) is 6.97. The van der Waals surface area contributed by atoms with Gasteiger partial charge in [0, 0.05) is 24.2 Å². The average molecular weight is 486 g/mol. The lowest BCUT2D eigenvalue weighted by Gasteiger charge is -2.50.